The van der Waals surface area contributed by atoms with E-state index in [0.29, 0.717) is 33.9 Å². The van der Waals surface area contributed by atoms with E-state index in [1.165, 1.54) is 44.9 Å². The maximum Gasteiger partial charge on any atom is 0.159 e. The predicted octanol–water partition coefficient (Wildman–Crippen LogP) is 9.51. The van der Waals surface area contributed by atoms with Crippen LogP contribution in [0.5, 0.6) is 0 Å². The lowest BCUT2D eigenvalue weighted by Gasteiger charge is -2.63. The second-order valence-corrected chi connectivity index (χ2v) is 16.0. The van der Waals surface area contributed by atoms with E-state index in [4.69, 9.17) is 0 Å². The van der Waals surface area contributed by atoms with Gasteiger partial charge in [-0.25, -0.2) is 0 Å². The van der Waals surface area contributed by atoms with Crippen molar-refractivity contribution in [3.63, 3.8) is 0 Å². The van der Waals surface area contributed by atoms with Gasteiger partial charge in [-0.2, -0.15) is 0 Å². The Morgan fingerprint density at radius 2 is 1.59 bits per heavy atom. The van der Waals surface area contributed by atoms with Crippen LogP contribution in [0.2, 0.25) is 0 Å². The first-order valence-electron chi connectivity index (χ1n) is 14.8. The van der Waals surface area contributed by atoms with Gasteiger partial charge in [-0.15, -0.1) is 0 Å². The van der Waals surface area contributed by atoms with Crippen LogP contribution in [0.3, 0.4) is 0 Å². The van der Waals surface area contributed by atoms with Crippen molar-refractivity contribution in [2.24, 2.45) is 62.6 Å². The fourth-order valence-electron chi connectivity index (χ4n) is 9.98. The van der Waals surface area contributed by atoms with E-state index in [2.05, 4.69) is 82.2 Å². The zero-order valence-electron chi connectivity index (χ0n) is 24.6. The molecule has 194 valence electrons. The third-order valence-electron chi connectivity index (χ3n) is 13.3. The lowest BCUT2D eigenvalue weighted by atomic mass is 9.40. The molecule has 0 bridgehead atoms. The standard InChI is InChI=1S/C33H56O/c1-21-12-13-25-27(34)20-26-24(33(25,11)23(21)3)15-18-32(10)28(16-19-31(26,32)9)30(7,8)22(2)14-17-29(4,5)6/h20-25,28H,12-19H2,1-11H3/t21-,22-,23-,24?,25+,28-,31+,32-,33-/m1/s1. The van der Waals surface area contributed by atoms with Gasteiger partial charge in [0, 0.05) is 5.92 Å². The lowest BCUT2D eigenvalue weighted by molar-refractivity contribution is -0.138. The second kappa shape index (κ2) is 8.21. The van der Waals surface area contributed by atoms with Crippen molar-refractivity contribution in [1.29, 1.82) is 0 Å². The number of hydrogen-bond acceptors (Lipinski definition) is 1. The Labute approximate surface area is 212 Å². The summed E-state index contributed by atoms with van der Waals surface area (Å²) in [5.74, 6) is 4.13. The number of carbonyl (C=O) groups is 1. The summed E-state index contributed by atoms with van der Waals surface area (Å²) in [5.41, 5.74) is 2.92. The van der Waals surface area contributed by atoms with E-state index in [-0.39, 0.29) is 16.7 Å². The van der Waals surface area contributed by atoms with Gasteiger partial charge < -0.3 is 0 Å². The Morgan fingerprint density at radius 1 is 0.941 bits per heavy atom. The topological polar surface area (TPSA) is 17.1 Å². The molecular weight excluding hydrogens is 412 g/mol. The molecule has 3 fully saturated rings. The van der Waals surface area contributed by atoms with Crippen molar-refractivity contribution in [3.8, 4) is 0 Å². The molecule has 0 radical (unpaired) electrons. The summed E-state index contributed by atoms with van der Waals surface area (Å²) in [7, 11) is 0. The molecule has 1 unspecified atom stereocenters. The molecule has 0 aliphatic heterocycles. The summed E-state index contributed by atoms with van der Waals surface area (Å²) >= 11 is 0. The lowest BCUT2D eigenvalue weighted by Crippen LogP contribution is -2.58. The molecule has 4 aliphatic rings. The van der Waals surface area contributed by atoms with Gasteiger partial charge in [0.15, 0.2) is 5.78 Å². The molecule has 0 heterocycles. The molecule has 1 nitrogen and oxygen atoms in total. The molecule has 9 atom stereocenters. The molecule has 0 saturated heterocycles. The summed E-state index contributed by atoms with van der Waals surface area (Å²) in [6, 6.07) is 0. The van der Waals surface area contributed by atoms with E-state index in [0.717, 1.165) is 24.2 Å². The Kier molecular flexibility index (Phi) is 6.39. The van der Waals surface area contributed by atoms with Gasteiger partial charge in [0.25, 0.3) is 0 Å². The monoisotopic (exact) mass is 468 g/mol. The third kappa shape index (κ3) is 3.63. The highest BCUT2D eigenvalue weighted by Crippen LogP contribution is 2.74. The highest BCUT2D eigenvalue weighted by molar-refractivity contribution is 5.94. The van der Waals surface area contributed by atoms with Crippen molar-refractivity contribution in [3.05, 3.63) is 11.6 Å². The molecule has 4 aliphatic carbocycles. The maximum atomic E-state index is 13.7. The normalized spacial score (nSPS) is 45.8. The second-order valence-electron chi connectivity index (χ2n) is 16.0. The van der Waals surface area contributed by atoms with Crippen molar-refractivity contribution in [1.82, 2.24) is 0 Å². The SMILES string of the molecule is C[C@@H]1CC[C@H]2C(=O)C=C3C(CC[C@]4(C)[C@@H](C(C)(C)[C@H](C)CCC(C)(C)C)CC[C@@]34C)[C@@]2(C)[C@@H]1C. The molecule has 1 heteroatoms. The molecule has 0 spiro atoms. The van der Waals surface area contributed by atoms with Crippen LogP contribution < -0.4 is 0 Å². The van der Waals surface area contributed by atoms with Crippen LogP contribution in [0, 0.1) is 62.6 Å². The van der Waals surface area contributed by atoms with Crippen LogP contribution in [0.1, 0.15) is 128 Å². The Balaban J connectivity index is 1.68. The van der Waals surface area contributed by atoms with Gasteiger partial charge in [0.1, 0.15) is 0 Å². The van der Waals surface area contributed by atoms with E-state index in [1.54, 1.807) is 5.57 Å². The summed E-state index contributed by atoms with van der Waals surface area (Å²) in [4.78, 5) is 13.7. The number of fused-ring (bicyclic) bond motifs is 5. The van der Waals surface area contributed by atoms with E-state index in [1.807, 2.05) is 0 Å². The summed E-state index contributed by atoms with van der Waals surface area (Å²) in [6.45, 7) is 27.5. The number of allylic oxidation sites excluding steroid dienone is 2. The highest BCUT2D eigenvalue weighted by atomic mass is 16.1. The minimum atomic E-state index is 0.150. The van der Waals surface area contributed by atoms with E-state index in [9.17, 15) is 4.79 Å². The van der Waals surface area contributed by atoms with Gasteiger partial charge in [-0.05, 0) is 114 Å². The van der Waals surface area contributed by atoms with Crippen molar-refractivity contribution in [2.75, 3.05) is 0 Å². The van der Waals surface area contributed by atoms with E-state index < -0.39 is 0 Å². The van der Waals surface area contributed by atoms with Crippen molar-refractivity contribution in [2.45, 2.75) is 128 Å². The molecule has 0 aromatic rings. The first-order valence-corrected chi connectivity index (χ1v) is 14.8. The third-order valence-corrected chi connectivity index (χ3v) is 13.3. The van der Waals surface area contributed by atoms with Gasteiger partial charge >= 0.3 is 0 Å². The number of ketones is 1. The fourth-order valence-corrected chi connectivity index (χ4v) is 9.98. The molecule has 0 amide bonds. The average Bonchev–Trinajstić information content (AvgIpc) is 3.02. The highest BCUT2D eigenvalue weighted by Gasteiger charge is 2.67. The quantitative estimate of drug-likeness (QED) is 0.401. The summed E-state index contributed by atoms with van der Waals surface area (Å²) in [6.07, 6.45) is 12.4. The van der Waals surface area contributed by atoms with Gasteiger partial charge in [0.05, 0.1) is 0 Å². The molecule has 4 rings (SSSR count). The van der Waals surface area contributed by atoms with Gasteiger partial charge in [-0.1, -0.05) is 81.7 Å². The predicted molar refractivity (Wildman–Crippen MR) is 146 cm³/mol. The molecule has 0 aromatic carbocycles. The number of carbonyl (C=O) groups excluding carboxylic acids is 1. The van der Waals surface area contributed by atoms with Crippen LogP contribution in [0.15, 0.2) is 11.6 Å². The summed E-state index contributed by atoms with van der Waals surface area (Å²) < 4.78 is 0. The van der Waals surface area contributed by atoms with E-state index >= 15 is 0 Å². The molecule has 0 aromatic heterocycles. The molecule has 3 saturated carbocycles. The average molecular weight is 469 g/mol. The van der Waals surface area contributed by atoms with Crippen LogP contribution in [-0.4, -0.2) is 5.78 Å². The van der Waals surface area contributed by atoms with Crippen LogP contribution in [0.25, 0.3) is 0 Å². The maximum absolute atomic E-state index is 13.7. The molecule has 34 heavy (non-hydrogen) atoms. The van der Waals surface area contributed by atoms with Gasteiger partial charge in [0.2, 0.25) is 0 Å². The van der Waals surface area contributed by atoms with Crippen LogP contribution in [0.4, 0.5) is 0 Å². The van der Waals surface area contributed by atoms with Crippen molar-refractivity contribution < 1.29 is 4.79 Å². The smallest absolute Gasteiger partial charge is 0.159 e. The van der Waals surface area contributed by atoms with Gasteiger partial charge in [-0.3, -0.25) is 4.79 Å². The first kappa shape index (κ1) is 26.5. The zero-order chi connectivity index (χ0) is 25.5. The molecule has 0 N–H and O–H groups in total. The largest absolute Gasteiger partial charge is 0.295 e. The van der Waals surface area contributed by atoms with Crippen molar-refractivity contribution >= 4 is 5.78 Å². The fraction of sp³-hybridized carbons (Fsp3) is 0.909. The summed E-state index contributed by atoms with van der Waals surface area (Å²) in [5, 5.41) is 0. The Morgan fingerprint density at radius 3 is 2.21 bits per heavy atom. The minimum Gasteiger partial charge on any atom is -0.295 e. The Bertz CT molecular complexity index is 841. The first-order chi connectivity index (χ1) is 15.5. The number of hydrogen-bond donors (Lipinski definition) is 0. The zero-order valence-corrected chi connectivity index (χ0v) is 24.6. The Hall–Kier alpha value is -0.590. The van der Waals surface area contributed by atoms with Crippen LogP contribution in [-0.2, 0) is 4.79 Å². The minimum absolute atomic E-state index is 0.150. The van der Waals surface area contributed by atoms with Crippen LogP contribution >= 0.6 is 0 Å². The molecular formula is C33H56O. The number of rotatable bonds is 4.